The summed E-state index contributed by atoms with van der Waals surface area (Å²) >= 11 is 0. The topological polar surface area (TPSA) is 100 Å². The number of hydrogen-bond donors (Lipinski definition) is 0. The lowest BCUT2D eigenvalue weighted by atomic mass is 10.0. The lowest BCUT2D eigenvalue weighted by Crippen LogP contribution is -1.98. The van der Waals surface area contributed by atoms with Crippen molar-refractivity contribution >= 4 is 12.6 Å². The summed E-state index contributed by atoms with van der Waals surface area (Å²) in [5, 5.41) is 17.6. The molecule has 0 saturated carbocycles. The van der Waals surface area contributed by atoms with E-state index in [2.05, 4.69) is 0 Å². The van der Waals surface area contributed by atoms with Crippen molar-refractivity contribution < 1.29 is 19.1 Å². The highest BCUT2D eigenvalue weighted by atomic mass is 16.5. The van der Waals surface area contributed by atoms with E-state index < -0.39 is 11.8 Å². The first-order valence-electron chi connectivity index (χ1n) is 11.9. The van der Waals surface area contributed by atoms with Gasteiger partial charge in [0.05, 0.1) is 12.1 Å². The molecule has 4 aromatic carbocycles. The fourth-order valence-corrected chi connectivity index (χ4v) is 3.39. The molecule has 0 amide bonds. The Balaban J connectivity index is 0.000000211. The maximum absolute atomic E-state index is 10.7. The highest BCUT2D eigenvalue weighted by molar-refractivity contribution is 5.67. The molecule has 4 rings (SSSR count). The van der Waals surface area contributed by atoms with Crippen molar-refractivity contribution in [3.05, 3.63) is 131 Å². The van der Waals surface area contributed by atoms with Gasteiger partial charge in [-0.1, -0.05) is 84.9 Å². The largest absolute Gasteiger partial charge is 0.489 e. The Morgan fingerprint density at radius 2 is 0.895 bits per heavy atom. The molecule has 2 unspecified atom stereocenters. The molecule has 0 radical (unpaired) electrons. The van der Waals surface area contributed by atoms with Crippen LogP contribution in [0.25, 0.3) is 0 Å². The van der Waals surface area contributed by atoms with Gasteiger partial charge in [-0.15, -0.1) is 0 Å². The molecule has 0 aromatic heterocycles. The zero-order chi connectivity index (χ0) is 27.0. The van der Waals surface area contributed by atoms with Crippen LogP contribution in [0.4, 0.5) is 0 Å². The number of carbonyl (C=O) groups is 2. The number of hydrogen-bond acceptors (Lipinski definition) is 6. The highest BCUT2D eigenvalue weighted by Crippen LogP contribution is 2.20. The van der Waals surface area contributed by atoms with Crippen LogP contribution in [0.2, 0.25) is 0 Å². The van der Waals surface area contributed by atoms with Crippen LogP contribution in [-0.4, -0.2) is 12.6 Å². The Kier molecular flexibility index (Phi) is 10.8. The SMILES string of the molecule is N#CC(C=O)c1ccc(OCc2ccccc2)cc1.N#CC(C=O)c1ccc(OCc2ccccc2)cc1. The van der Waals surface area contributed by atoms with Gasteiger partial charge in [0.1, 0.15) is 49.1 Å². The normalized spacial score (nSPS) is 11.3. The van der Waals surface area contributed by atoms with Crippen molar-refractivity contribution in [1.29, 1.82) is 10.5 Å². The molecule has 2 atom stereocenters. The smallest absolute Gasteiger partial charge is 0.141 e. The Labute approximate surface area is 222 Å². The molecule has 0 N–H and O–H groups in total. The molecule has 0 spiro atoms. The van der Waals surface area contributed by atoms with Crippen LogP contribution in [0.3, 0.4) is 0 Å². The van der Waals surface area contributed by atoms with E-state index in [1.165, 1.54) is 0 Å². The summed E-state index contributed by atoms with van der Waals surface area (Å²) in [6.07, 6.45) is 1.28. The number of aldehydes is 2. The van der Waals surface area contributed by atoms with Gasteiger partial charge < -0.3 is 19.1 Å². The van der Waals surface area contributed by atoms with E-state index in [1.54, 1.807) is 48.5 Å². The number of rotatable bonds is 10. The van der Waals surface area contributed by atoms with Gasteiger partial charge in [0.15, 0.2) is 0 Å². The van der Waals surface area contributed by atoms with E-state index in [9.17, 15) is 9.59 Å². The molecule has 0 aliphatic rings. The predicted molar refractivity (Wildman–Crippen MR) is 143 cm³/mol. The van der Waals surface area contributed by atoms with Gasteiger partial charge in [0, 0.05) is 0 Å². The van der Waals surface area contributed by atoms with Crippen molar-refractivity contribution in [2.45, 2.75) is 25.0 Å². The summed E-state index contributed by atoms with van der Waals surface area (Å²) in [6.45, 7) is 0.991. The van der Waals surface area contributed by atoms with Crippen LogP contribution in [-0.2, 0) is 22.8 Å². The third-order valence-electron chi connectivity index (χ3n) is 5.53. The molecule has 0 bridgehead atoms. The van der Waals surface area contributed by atoms with Gasteiger partial charge in [-0.2, -0.15) is 10.5 Å². The predicted octanol–water partition coefficient (Wildman–Crippen LogP) is 6.14. The first-order chi connectivity index (χ1) is 18.7. The van der Waals surface area contributed by atoms with Crippen molar-refractivity contribution in [3.8, 4) is 23.6 Å². The molecule has 0 aliphatic carbocycles. The lowest BCUT2D eigenvalue weighted by molar-refractivity contribution is -0.108. The van der Waals surface area contributed by atoms with Crippen LogP contribution in [0, 0.1) is 22.7 Å². The third kappa shape index (κ3) is 8.48. The van der Waals surface area contributed by atoms with E-state index in [0.29, 0.717) is 36.9 Å². The summed E-state index contributed by atoms with van der Waals surface area (Å²) in [5.41, 5.74) is 3.55. The van der Waals surface area contributed by atoms with Crippen LogP contribution < -0.4 is 9.47 Å². The molecule has 6 nitrogen and oxygen atoms in total. The fraction of sp³-hybridized carbons (Fsp3) is 0.125. The Bertz CT molecular complexity index is 1250. The maximum Gasteiger partial charge on any atom is 0.141 e. The third-order valence-corrected chi connectivity index (χ3v) is 5.53. The van der Waals surface area contributed by atoms with Gasteiger partial charge >= 0.3 is 0 Å². The van der Waals surface area contributed by atoms with E-state index in [4.69, 9.17) is 20.0 Å². The number of nitrogens with zero attached hydrogens (tertiary/aromatic N) is 2. The summed E-state index contributed by atoms with van der Waals surface area (Å²) < 4.78 is 11.2. The average Bonchev–Trinajstić information content (AvgIpc) is 2.99. The minimum Gasteiger partial charge on any atom is -0.489 e. The second-order valence-corrected chi connectivity index (χ2v) is 8.17. The summed E-state index contributed by atoms with van der Waals surface area (Å²) in [7, 11) is 0. The van der Waals surface area contributed by atoms with Crippen molar-refractivity contribution in [1.82, 2.24) is 0 Å². The van der Waals surface area contributed by atoms with Gasteiger partial charge in [-0.25, -0.2) is 0 Å². The Morgan fingerprint density at radius 3 is 1.18 bits per heavy atom. The molecule has 0 fully saturated rings. The summed E-state index contributed by atoms with van der Waals surface area (Å²) in [5.74, 6) is 0.0248. The molecule has 0 heterocycles. The number of ether oxygens (including phenoxy) is 2. The van der Waals surface area contributed by atoms with Crippen molar-refractivity contribution in [2.24, 2.45) is 0 Å². The average molecular weight is 503 g/mol. The maximum atomic E-state index is 10.7. The van der Waals surface area contributed by atoms with Gasteiger partial charge in [0.25, 0.3) is 0 Å². The molecular weight excluding hydrogens is 476 g/mol. The van der Waals surface area contributed by atoms with E-state index in [-0.39, 0.29) is 0 Å². The van der Waals surface area contributed by atoms with Crippen molar-refractivity contribution in [2.75, 3.05) is 0 Å². The van der Waals surface area contributed by atoms with E-state index >= 15 is 0 Å². The molecule has 0 aliphatic heterocycles. The zero-order valence-electron chi connectivity index (χ0n) is 20.6. The van der Waals surface area contributed by atoms with Gasteiger partial charge in [0.2, 0.25) is 0 Å². The monoisotopic (exact) mass is 502 g/mol. The molecule has 188 valence electrons. The lowest BCUT2D eigenvalue weighted by Gasteiger charge is -2.07. The number of nitriles is 2. The standard InChI is InChI=1S/2C16H13NO2/c2*17-10-15(11-18)14-6-8-16(9-7-14)19-12-13-4-2-1-3-5-13/h2*1-9,11,15H,12H2. The number of benzene rings is 4. The van der Waals surface area contributed by atoms with Crippen LogP contribution in [0.5, 0.6) is 11.5 Å². The van der Waals surface area contributed by atoms with E-state index in [1.807, 2.05) is 72.8 Å². The second kappa shape index (κ2) is 15.0. The first-order valence-corrected chi connectivity index (χ1v) is 11.9. The molecule has 4 aromatic rings. The second-order valence-electron chi connectivity index (χ2n) is 8.17. The summed E-state index contributed by atoms with van der Waals surface area (Å²) in [4.78, 5) is 21.4. The Morgan fingerprint density at radius 1 is 0.553 bits per heavy atom. The van der Waals surface area contributed by atoms with Gasteiger partial charge in [-0.3, -0.25) is 0 Å². The number of carbonyl (C=O) groups excluding carboxylic acids is 2. The van der Waals surface area contributed by atoms with Crippen LogP contribution in [0.15, 0.2) is 109 Å². The minimum atomic E-state index is -0.705. The quantitative estimate of drug-likeness (QED) is 0.241. The van der Waals surface area contributed by atoms with Crippen LogP contribution in [0.1, 0.15) is 34.1 Å². The highest BCUT2D eigenvalue weighted by Gasteiger charge is 2.09. The molecule has 6 heteroatoms. The summed E-state index contributed by atoms with van der Waals surface area (Å²) in [6, 6.07) is 37.6. The zero-order valence-corrected chi connectivity index (χ0v) is 20.6. The van der Waals surface area contributed by atoms with Gasteiger partial charge in [-0.05, 0) is 46.5 Å². The fourth-order valence-electron chi connectivity index (χ4n) is 3.39. The van der Waals surface area contributed by atoms with Crippen LogP contribution >= 0.6 is 0 Å². The molecule has 0 saturated heterocycles. The van der Waals surface area contributed by atoms with Crippen molar-refractivity contribution in [3.63, 3.8) is 0 Å². The van der Waals surface area contributed by atoms with E-state index in [0.717, 1.165) is 22.6 Å². The molecular formula is C32H26N2O4. The molecule has 38 heavy (non-hydrogen) atoms. The first kappa shape index (κ1) is 27.4. The minimum absolute atomic E-state index is 0.496. The Hall–Kier alpha value is -5.20.